The number of hydrogen-bond acceptors (Lipinski definition) is 4. The molecule has 6 heteroatoms. The number of nitrogens with zero attached hydrogens (tertiary/aromatic N) is 3. The second-order valence-corrected chi connectivity index (χ2v) is 7.53. The number of hydrogen-bond donors (Lipinski definition) is 1. The molecule has 0 atom stereocenters. The highest BCUT2D eigenvalue weighted by atomic mass is 32.1. The van der Waals surface area contributed by atoms with Crippen LogP contribution >= 0.6 is 12.2 Å². The lowest BCUT2D eigenvalue weighted by molar-refractivity contribution is 0.0375. The van der Waals surface area contributed by atoms with Crippen LogP contribution in [0.15, 0.2) is 36.4 Å². The average Bonchev–Trinajstić information content (AvgIpc) is 2.73. The van der Waals surface area contributed by atoms with Crippen molar-refractivity contribution in [2.75, 3.05) is 72.1 Å². The maximum absolute atomic E-state index is 5.58. The Balaban J connectivity index is 1.27. The first-order chi connectivity index (χ1) is 13.3. The Hall–Kier alpha value is -1.47. The van der Waals surface area contributed by atoms with Gasteiger partial charge in [0.15, 0.2) is 5.11 Å². The number of ether oxygens (including phenoxy) is 1. The Labute approximate surface area is 169 Å². The zero-order valence-electron chi connectivity index (χ0n) is 16.2. The van der Waals surface area contributed by atoms with E-state index in [1.807, 2.05) is 0 Å². The van der Waals surface area contributed by atoms with Crippen molar-refractivity contribution >= 4 is 23.4 Å². The molecule has 2 aliphatic rings. The SMILES string of the molecule is S=C(NCCCN1CCOCC1)N1CCN(C/C=C/c2ccccc2)CC1. The van der Waals surface area contributed by atoms with Crippen molar-refractivity contribution in [3.8, 4) is 0 Å². The minimum Gasteiger partial charge on any atom is -0.379 e. The smallest absolute Gasteiger partial charge is 0.169 e. The van der Waals surface area contributed by atoms with Crippen LogP contribution in [0.1, 0.15) is 12.0 Å². The molecule has 1 N–H and O–H groups in total. The molecule has 0 spiro atoms. The summed E-state index contributed by atoms with van der Waals surface area (Å²) in [5.74, 6) is 0. The maximum Gasteiger partial charge on any atom is 0.169 e. The van der Waals surface area contributed by atoms with Gasteiger partial charge in [0, 0.05) is 52.4 Å². The van der Waals surface area contributed by atoms with E-state index in [2.05, 4.69) is 62.5 Å². The van der Waals surface area contributed by atoms with Crippen molar-refractivity contribution in [1.82, 2.24) is 20.0 Å². The van der Waals surface area contributed by atoms with Gasteiger partial charge in [-0.1, -0.05) is 42.5 Å². The van der Waals surface area contributed by atoms with Crippen molar-refractivity contribution in [3.05, 3.63) is 42.0 Å². The Morgan fingerprint density at radius 3 is 2.48 bits per heavy atom. The quantitative estimate of drug-likeness (QED) is 0.567. The maximum atomic E-state index is 5.58. The van der Waals surface area contributed by atoms with Crippen LogP contribution < -0.4 is 5.32 Å². The van der Waals surface area contributed by atoms with Crippen molar-refractivity contribution in [3.63, 3.8) is 0 Å². The summed E-state index contributed by atoms with van der Waals surface area (Å²) in [4.78, 5) is 7.26. The molecule has 0 radical (unpaired) electrons. The van der Waals surface area contributed by atoms with Gasteiger partial charge >= 0.3 is 0 Å². The molecule has 1 aromatic rings. The largest absolute Gasteiger partial charge is 0.379 e. The topological polar surface area (TPSA) is 31.0 Å². The number of rotatable bonds is 7. The van der Waals surface area contributed by atoms with Gasteiger partial charge in [-0.05, 0) is 30.7 Å². The van der Waals surface area contributed by atoms with Gasteiger partial charge in [-0.15, -0.1) is 0 Å². The van der Waals surface area contributed by atoms with Crippen LogP contribution in [0.2, 0.25) is 0 Å². The molecular formula is C21H32N4OS. The summed E-state index contributed by atoms with van der Waals surface area (Å²) in [6.45, 7) is 11.1. The summed E-state index contributed by atoms with van der Waals surface area (Å²) in [5.41, 5.74) is 1.26. The van der Waals surface area contributed by atoms with Crippen LogP contribution in [0, 0.1) is 0 Å². The molecule has 0 saturated carbocycles. The molecule has 0 aliphatic carbocycles. The van der Waals surface area contributed by atoms with E-state index in [-0.39, 0.29) is 0 Å². The van der Waals surface area contributed by atoms with E-state index in [0.717, 1.165) is 83.6 Å². The highest BCUT2D eigenvalue weighted by Crippen LogP contribution is 2.05. The molecule has 3 rings (SSSR count). The third kappa shape index (κ3) is 7.22. The van der Waals surface area contributed by atoms with E-state index in [9.17, 15) is 0 Å². The molecule has 27 heavy (non-hydrogen) atoms. The Kier molecular flexibility index (Phi) is 8.55. The fourth-order valence-electron chi connectivity index (χ4n) is 3.47. The second kappa shape index (κ2) is 11.4. The minimum atomic E-state index is 0.872. The Bertz CT molecular complexity index is 581. The Morgan fingerprint density at radius 2 is 1.74 bits per heavy atom. The molecule has 5 nitrogen and oxygen atoms in total. The van der Waals surface area contributed by atoms with E-state index in [1.54, 1.807) is 0 Å². The minimum absolute atomic E-state index is 0.872. The standard InChI is InChI=1S/C21H32N4OS/c27-21(22-9-5-11-24-16-18-26-19-17-24)25-14-12-23(13-15-25)10-4-8-20-6-2-1-3-7-20/h1-4,6-8H,5,9-19H2,(H,22,27)/b8-4+. The van der Waals surface area contributed by atoms with Crippen LogP contribution in [0.5, 0.6) is 0 Å². The van der Waals surface area contributed by atoms with Crippen molar-refractivity contribution in [2.45, 2.75) is 6.42 Å². The fraction of sp³-hybridized carbons (Fsp3) is 0.571. The zero-order chi connectivity index (χ0) is 18.7. The molecule has 2 saturated heterocycles. The third-order valence-electron chi connectivity index (χ3n) is 5.16. The average molecular weight is 389 g/mol. The van der Waals surface area contributed by atoms with Gasteiger partial charge < -0.3 is 15.0 Å². The van der Waals surface area contributed by atoms with Gasteiger partial charge in [0.2, 0.25) is 0 Å². The number of benzene rings is 1. The van der Waals surface area contributed by atoms with E-state index in [0.29, 0.717) is 0 Å². The fourth-order valence-corrected chi connectivity index (χ4v) is 3.75. The van der Waals surface area contributed by atoms with E-state index in [4.69, 9.17) is 17.0 Å². The van der Waals surface area contributed by atoms with Gasteiger partial charge in [-0.2, -0.15) is 0 Å². The first-order valence-corrected chi connectivity index (χ1v) is 10.5. The monoisotopic (exact) mass is 388 g/mol. The van der Waals surface area contributed by atoms with Crippen LogP contribution in [0.3, 0.4) is 0 Å². The van der Waals surface area contributed by atoms with E-state index < -0.39 is 0 Å². The summed E-state index contributed by atoms with van der Waals surface area (Å²) in [5, 5.41) is 4.35. The van der Waals surface area contributed by atoms with Crippen LogP contribution in [0.4, 0.5) is 0 Å². The Morgan fingerprint density at radius 1 is 1.00 bits per heavy atom. The van der Waals surface area contributed by atoms with Gasteiger partial charge in [-0.3, -0.25) is 9.80 Å². The first kappa shape index (κ1) is 20.3. The lowest BCUT2D eigenvalue weighted by Gasteiger charge is -2.35. The van der Waals surface area contributed by atoms with E-state index in [1.165, 1.54) is 5.56 Å². The van der Waals surface area contributed by atoms with Gasteiger partial charge in [0.05, 0.1) is 13.2 Å². The number of piperazine rings is 1. The van der Waals surface area contributed by atoms with Crippen molar-refractivity contribution in [2.24, 2.45) is 0 Å². The molecule has 2 heterocycles. The lowest BCUT2D eigenvalue weighted by atomic mass is 10.2. The number of nitrogens with one attached hydrogen (secondary N) is 1. The number of thiocarbonyl (C=S) groups is 1. The van der Waals surface area contributed by atoms with Crippen LogP contribution in [-0.4, -0.2) is 91.9 Å². The van der Waals surface area contributed by atoms with E-state index >= 15 is 0 Å². The molecule has 0 unspecified atom stereocenters. The summed E-state index contributed by atoms with van der Waals surface area (Å²) in [6, 6.07) is 10.5. The van der Waals surface area contributed by atoms with Crippen molar-refractivity contribution < 1.29 is 4.74 Å². The van der Waals surface area contributed by atoms with Crippen molar-refractivity contribution in [1.29, 1.82) is 0 Å². The molecule has 0 amide bonds. The normalized spacial score (nSPS) is 19.5. The molecule has 2 fully saturated rings. The van der Waals surface area contributed by atoms with Gasteiger partial charge in [-0.25, -0.2) is 0 Å². The zero-order valence-corrected chi connectivity index (χ0v) is 17.0. The van der Waals surface area contributed by atoms with Crippen LogP contribution in [0.25, 0.3) is 6.08 Å². The predicted molar refractivity (Wildman–Crippen MR) is 116 cm³/mol. The molecule has 0 bridgehead atoms. The summed E-state index contributed by atoms with van der Waals surface area (Å²) < 4.78 is 5.39. The van der Waals surface area contributed by atoms with Gasteiger partial charge in [0.1, 0.15) is 0 Å². The van der Waals surface area contributed by atoms with Crippen LogP contribution in [-0.2, 0) is 4.74 Å². The highest BCUT2D eigenvalue weighted by molar-refractivity contribution is 7.80. The summed E-state index contributed by atoms with van der Waals surface area (Å²) in [6.07, 6.45) is 5.59. The number of morpholine rings is 1. The lowest BCUT2D eigenvalue weighted by Crippen LogP contribution is -2.51. The molecular weight excluding hydrogens is 356 g/mol. The second-order valence-electron chi connectivity index (χ2n) is 7.14. The highest BCUT2D eigenvalue weighted by Gasteiger charge is 2.17. The first-order valence-electron chi connectivity index (χ1n) is 10.1. The van der Waals surface area contributed by atoms with Gasteiger partial charge in [0.25, 0.3) is 0 Å². The molecule has 2 aliphatic heterocycles. The molecule has 1 aromatic carbocycles. The predicted octanol–water partition coefficient (Wildman–Crippen LogP) is 1.91. The summed E-state index contributed by atoms with van der Waals surface area (Å²) in [7, 11) is 0. The molecule has 148 valence electrons. The summed E-state index contributed by atoms with van der Waals surface area (Å²) >= 11 is 5.58. The molecule has 0 aromatic heterocycles. The third-order valence-corrected chi connectivity index (χ3v) is 5.57.